The van der Waals surface area contributed by atoms with E-state index in [1.54, 1.807) is 6.08 Å². The monoisotopic (exact) mass is 790 g/mol. The quantitative estimate of drug-likeness (QED) is 0.0324. The van der Waals surface area contributed by atoms with Crippen molar-refractivity contribution in [3.63, 3.8) is 0 Å². The Bertz CT molecular complexity index is 874. The zero-order chi connectivity index (χ0) is 40.8. The smallest absolute Gasteiger partial charge is 0.305 e. The zero-order valence-corrected chi connectivity index (χ0v) is 37.4. The molecular formula is C50H95NO5. The van der Waals surface area contributed by atoms with Gasteiger partial charge in [-0.3, -0.25) is 9.59 Å². The number of carbonyl (C=O) groups is 2. The average molecular weight is 790 g/mol. The lowest BCUT2D eigenvalue weighted by atomic mass is 10.0. The van der Waals surface area contributed by atoms with Crippen molar-refractivity contribution < 1.29 is 24.5 Å². The number of esters is 1. The molecule has 0 rings (SSSR count). The van der Waals surface area contributed by atoms with Crippen LogP contribution in [0.3, 0.4) is 0 Å². The number of allylic oxidation sites excluding steroid dienone is 3. The van der Waals surface area contributed by atoms with E-state index in [0.29, 0.717) is 19.4 Å². The average Bonchev–Trinajstić information content (AvgIpc) is 3.20. The Balaban J connectivity index is 3.56. The van der Waals surface area contributed by atoms with Crippen molar-refractivity contribution in [2.24, 2.45) is 0 Å². The highest BCUT2D eigenvalue weighted by Crippen LogP contribution is 2.15. The van der Waals surface area contributed by atoms with E-state index in [1.807, 2.05) is 6.08 Å². The summed E-state index contributed by atoms with van der Waals surface area (Å²) in [6.45, 7) is 4.82. The van der Waals surface area contributed by atoms with Crippen molar-refractivity contribution in [1.29, 1.82) is 0 Å². The van der Waals surface area contributed by atoms with Gasteiger partial charge in [0.15, 0.2) is 0 Å². The highest BCUT2D eigenvalue weighted by Gasteiger charge is 2.18. The van der Waals surface area contributed by atoms with E-state index in [0.717, 1.165) is 83.5 Å². The first kappa shape index (κ1) is 54.3. The van der Waals surface area contributed by atoms with Crippen LogP contribution in [0.15, 0.2) is 24.3 Å². The van der Waals surface area contributed by atoms with E-state index >= 15 is 0 Å². The maximum atomic E-state index is 12.4. The van der Waals surface area contributed by atoms with Gasteiger partial charge in [0, 0.05) is 12.8 Å². The first-order chi connectivity index (χ1) is 27.5. The molecule has 0 saturated carbocycles. The number of ether oxygens (including phenoxy) is 1. The summed E-state index contributed by atoms with van der Waals surface area (Å²) in [6, 6.07) is -0.647. The molecule has 56 heavy (non-hydrogen) atoms. The van der Waals surface area contributed by atoms with Crippen molar-refractivity contribution in [2.45, 2.75) is 270 Å². The minimum atomic E-state index is -0.861. The molecular weight excluding hydrogens is 695 g/mol. The largest absolute Gasteiger partial charge is 0.466 e. The van der Waals surface area contributed by atoms with Gasteiger partial charge in [-0.1, -0.05) is 212 Å². The topological polar surface area (TPSA) is 95.9 Å². The van der Waals surface area contributed by atoms with E-state index in [1.165, 1.54) is 148 Å². The Morgan fingerprint density at radius 3 is 1.27 bits per heavy atom. The summed E-state index contributed by atoms with van der Waals surface area (Å²) in [6.07, 6.45) is 53.1. The molecule has 0 bridgehead atoms. The second-order valence-corrected chi connectivity index (χ2v) is 16.8. The molecule has 0 aliphatic heterocycles. The highest BCUT2D eigenvalue weighted by molar-refractivity contribution is 5.76. The third-order valence-corrected chi connectivity index (χ3v) is 11.2. The van der Waals surface area contributed by atoms with Crippen molar-refractivity contribution in [3.8, 4) is 0 Å². The molecule has 0 aromatic heterocycles. The molecule has 0 radical (unpaired) electrons. The summed E-state index contributed by atoms with van der Waals surface area (Å²) in [5.41, 5.74) is 0. The predicted octanol–water partition coefficient (Wildman–Crippen LogP) is 14.3. The van der Waals surface area contributed by atoms with Gasteiger partial charge in [-0.2, -0.15) is 0 Å². The Hall–Kier alpha value is -1.66. The van der Waals surface area contributed by atoms with Crippen molar-refractivity contribution in [3.05, 3.63) is 24.3 Å². The normalized spacial score (nSPS) is 12.9. The number of nitrogens with one attached hydrogen (secondary N) is 1. The van der Waals surface area contributed by atoms with E-state index in [9.17, 15) is 19.8 Å². The van der Waals surface area contributed by atoms with Gasteiger partial charge < -0.3 is 20.3 Å². The summed E-state index contributed by atoms with van der Waals surface area (Å²) >= 11 is 0. The third-order valence-electron chi connectivity index (χ3n) is 11.2. The first-order valence-electron chi connectivity index (χ1n) is 24.6. The van der Waals surface area contributed by atoms with Crippen LogP contribution in [0, 0.1) is 0 Å². The minimum Gasteiger partial charge on any atom is -0.466 e. The number of aliphatic hydroxyl groups excluding tert-OH is 2. The number of rotatable bonds is 45. The van der Waals surface area contributed by atoms with Gasteiger partial charge in [0.1, 0.15) is 0 Å². The molecule has 0 fully saturated rings. The number of unbranched alkanes of at least 4 members (excludes halogenated alkanes) is 32. The molecule has 2 atom stereocenters. The van der Waals surface area contributed by atoms with Crippen LogP contribution in [-0.2, 0) is 14.3 Å². The lowest BCUT2D eigenvalue weighted by Crippen LogP contribution is -2.45. The lowest BCUT2D eigenvalue weighted by molar-refractivity contribution is -0.143. The van der Waals surface area contributed by atoms with Gasteiger partial charge in [0.2, 0.25) is 5.91 Å². The number of hydrogen-bond acceptors (Lipinski definition) is 5. The Morgan fingerprint density at radius 2 is 0.839 bits per heavy atom. The molecule has 3 N–H and O–H groups in total. The fraction of sp³-hybridized carbons (Fsp3) is 0.880. The van der Waals surface area contributed by atoms with Gasteiger partial charge >= 0.3 is 5.97 Å². The van der Waals surface area contributed by atoms with Crippen molar-refractivity contribution in [2.75, 3.05) is 13.2 Å². The SMILES string of the molecule is CCCCCCCCCCCCCCC/C=C/C(O)C(CO)NC(=O)CCCCCCC/C=C\CCCCOC(=O)CCCCCCCCCCCCCCC. The highest BCUT2D eigenvalue weighted by atomic mass is 16.5. The van der Waals surface area contributed by atoms with Gasteiger partial charge in [-0.05, 0) is 57.8 Å². The number of carbonyl (C=O) groups excluding carboxylic acids is 2. The second kappa shape index (κ2) is 46.0. The maximum absolute atomic E-state index is 12.4. The molecule has 1 amide bonds. The lowest BCUT2D eigenvalue weighted by Gasteiger charge is -2.20. The minimum absolute atomic E-state index is 0.0319. The summed E-state index contributed by atoms with van der Waals surface area (Å²) in [5, 5.41) is 23.0. The number of aliphatic hydroxyl groups is 2. The molecule has 0 saturated heterocycles. The zero-order valence-electron chi connectivity index (χ0n) is 37.4. The molecule has 0 aromatic carbocycles. The summed E-state index contributed by atoms with van der Waals surface area (Å²) in [4.78, 5) is 24.4. The number of amides is 1. The maximum Gasteiger partial charge on any atom is 0.305 e. The van der Waals surface area contributed by atoms with Crippen LogP contribution >= 0.6 is 0 Å². The van der Waals surface area contributed by atoms with Crippen molar-refractivity contribution in [1.82, 2.24) is 5.32 Å². The summed E-state index contributed by atoms with van der Waals surface area (Å²) in [7, 11) is 0. The Kier molecular flexibility index (Phi) is 44.7. The van der Waals surface area contributed by atoms with Gasteiger partial charge in [-0.15, -0.1) is 0 Å². The van der Waals surface area contributed by atoms with Crippen LogP contribution in [0.4, 0.5) is 0 Å². The van der Waals surface area contributed by atoms with E-state index < -0.39 is 12.1 Å². The molecule has 0 aromatic rings. The van der Waals surface area contributed by atoms with Crippen LogP contribution < -0.4 is 5.32 Å². The molecule has 0 spiro atoms. The van der Waals surface area contributed by atoms with Crippen LogP contribution in [0.5, 0.6) is 0 Å². The predicted molar refractivity (Wildman–Crippen MR) is 241 cm³/mol. The molecule has 2 unspecified atom stereocenters. The molecule has 330 valence electrons. The standard InChI is InChI=1S/C50H95NO5/c1-3-5-7-9-11-13-15-17-18-20-22-26-30-34-38-42-48(53)47(46-52)51-49(54)43-39-35-31-27-23-21-25-29-33-37-41-45-56-50(55)44-40-36-32-28-24-19-16-14-12-10-8-6-4-2/h25,29,38,42,47-48,52-53H,3-24,26-28,30-37,39-41,43-46H2,1-2H3,(H,51,54)/b29-25-,42-38+. The third kappa shape index (κ3) is 42.0. The van der Waals surface area contributed by atoms with Crippen LogP contribution in [0.2, 0.25) is 0 Å². The Morgan fingerprint density at radius 1 is 0.482 bits per heavy atom. The fourth-order valence-electron chi connectivity index (χ4n) is 7.39. The van der Waals surface area contributed by atoms with Crippen LogP contribution in [-0.4, -0.2) is 47.4 Å². The molecule has 6 nitrogen and oxygen atoms in total. The molecule has 6 heteroatoms. The van der Waals surface area contributed by atoms with Gasteiger partial charge in [-0.25, -0.2) is 0 Å². The van der Waals surface area contributed by atoms with Crippen LogP contribution in [0.1, 0.15) is 258 Å². The number of hydrogen-bond donors (Lipinski definition) is 3. The molecule has 0 heterocycles. The van der Waals surface area contributed by atoms with E-state index in [-0.39, 0.29) is 18.5 Å². The van der Waals surface area contributed by atoms with Gasteiger partial charge in [0.25, 0.3) is 0 Å². The second-order valence-electron chi connectivity index (χ2n) is 16.8. The molecule has 0 aliphatic carbocycles. The summed E-state index contributed by atoms with van der Waals surface area (Å²) in [5.74, 6) is -0.129. The van der Waals surface area contributed by atoms with Crippen LogP contribution in [0.25, 0.3) is 0 Å². The summed E-state index contributed by atoms with van der Waals surface area (Å²) < 4.78 is 5.42. The first-order valence-corrected chi connectivity index (χ1v) is 24.6. The Labute approximate surface area is 348 Å². The fourth-order valence-corrected chi connectivity index (χ4v) is 7.39. The van der Waals surface area contributed by atoms with Crippen molar-refractivity contribution >= 4 is 11.9 Å². The van der Waals surface area contributed by atoms with E-state index in [4.69, 9.17) is 4.74 Å². The van der Waals surface area contributed by atoms with E-state index in [2.05, 4.69) is 31.3 Å². The van der Waals surface area contributed by atoms with Gasteiger partial charge in [0.05, 0.1) is 25.4 Å². The molecule has 0 aliphatic rings.